The molecule has 0 aliphatic carbocycles. The summed E-state index contributed by atoms with van der Waals surface area (Å²) in [6.45, 7) is 5.89. The lowest BCUT2D eigenvalue weighted by atomic mass is 10.0. The van der Waals surface area contributed by atoms with Crippen molar-refractivity contribution in [1.29, 1.82) is 0 Å². The summed E-state index contributed by atoms with van der Waals surface area (Å²) < 4.78 is 27.0. The summed E-state index contributed by atoms with van der Waals surface area (Å²) in [7, 11) is -3.63. The molecule has 0 saturated carbocycles. The fourth-order valence-electron chi connectivity index (χ4n) is 3.61. The molecule has 176 valence electrons. The SMILES string of the molecule is Cc1ccc2nc(-c3ccc(NC(=O)CN(c4ccc(C(C)C)cc4)S(C)(=O)=O)cc3)sc2c1. The Kier molecular flexibility index (Phi) is 6.72. The number of hydrogen-bond donors (Lipinski definition) is 1. The topological polar surface area (TPSA) is 79.4 Å². The maximum Gasteiger partial charge on any atom is 0.245 e. The minimum atomic E-state index is -3.63. The van der Waals surface area contributed by atoms with Gasteiger partial charge in [0.2, 0.25) is 15.9 Å². The smallest absolute Gasteiger partial charge is 0.245 e. The first-order chi connectivity index (χ1) is 16.1. The van der Waals surface area contributed by atoms with Crippen LogP contribution in [-0.2, 0) is 14.8 Å². The van der Waals surface area contributed by atoms with E-state index < -0.39 is 15.9 Å². The van der Waals surface area contributed by atoms with E-state index in [2.05, 4.69) is 37.1 Å². The van der Waals surface area contributed by atoms with Crippen LogP contribution in [0, 0.1) is 6.92 Å². The van der Waals surface area contributed by atoms with Crippen LogP contribution in [0.25, 0.3) is 20.8 Å². The second-order valence-electron chi connectivity index (χ2n) is 8.63. The van der Waals surface area contributed by atoms with Crippen molar-refractivity contribution in [2.45, 2.75) is 26.7 Å². The number of rotatable bonds is 7. The van der Waals surface area contributed by atoms with Crippen molar-refractivity contribution in [1.82, 2.24) is 4.98 Å². The molecule has 0 unspecified atom stereocenters. The average molecular weight is 494 g/mol. The summed E-state index contributed by atoms with van der Waals surface area (Å²) in [6.07, 6.45) is 1.10. The highest BCUT2D eigenvalue weighted by atomic mass is 32.2. The Morgan fingerprint density at radius 2 is 1.71 bits per heavy atom. The number of amides is 1. The molecule has 0 aliphatic heterocycles. The molecule has 8 heteroatoms. The number of carbonyl (C=O) groups excluding carboxylic acids is 1. The Morgan fingerprint density at radius 1 is 1.03 bits per heavy atom. The summed E-state index contributed by atoms with van der Waals surface area (Å²) in [4.78, 5) is 17.4. The second kappa shape index (κ2) is 9.56. The number of nitrogens with zero attached hydrogens (tertiary/aromatic N) is 2. The lowest BCUT2D eigenvalue weighted by Crippen LogP contribution is -2.37. The van der Waals surface area contributed by atoms with E-state index in [0.29, 0.717) is 17.3 Å². The van der Waals surface area contributed by atoms with Crippen LogP contribution < -0.4 is 9.62 Å². The number of aromatic nitrogens is 1. The number of hydrogen-bond acceptors (Lipinski definition) is 5. The molecule has 1 heterocycles. The Morgan fingerprint density at radius 3 is 2.32 bits per heavy atom. The zero-order chi connectivity index (χ0) is 24.5. The number of carbonyl (C=O) groups is 1. The molecule has 0 bridgehead atoms. The van der Waals surface area contributed by atoms with Gasteiger partial charge in [0.1, 0.15) is 11.6 Å². The number of sulfonamides is 1. The first-order valence-electron chi connectivity index (χ1n) is 11.0. The Balaban J connectivity index is 1.47. The molecule has 34 heavy (non-hydrogen) atoms. The van der Waals surface area contributed by atoms with Crippen molar-refractivity contribution in [2.75, 3.05) is 22.4 Å². The van der Waals surface area contributed by atoms with Gasteiger partial charge in [-0.2, -0.15) is 0 Å². The predicted molar refractivity (Wildman–Crippen MR) is 141 cm³/mol. The summed E-state index contributed by atoms with van der Waals surface area (Å²) in [5.41, 5.74) is 5.27. The fraction of sp³-hybridized carbons (Fsp3) is 0.231. The van der Waals surface area contributed by atoms with Crippen molar-refractivity contribution in [3.63, 3.8) is 0 Å². The monoisotopic (exact) mass is 493 g/mol. The first-order valence-corrected chi connectivity index (χ1v) is 13.6. The molecule has 4 aromatic rings. The van der Waals surface area contributed by atoms with Crippen LogP contribution in [-0.4, -0.2) is 32.1 Å². The molecule has 6 nitrogen and oxygen atoms in total. The summed E-state index contributed by atoms with van der Waals surface area (Å²) in [5.74, 6) is -0.0829. The van der Waals surface area contributed by atoms with Crippen molar-refractivity contribution in [3.8, 4) is 10.6 Å². The third kappa shape index (κ3) is 5.46. The number of nitrogens with one attached hydrogen (secondary N) is 1. The van der Waals surface area contributed by atoms with Gasteiger partial charge in [-0.1, -0.05) is 32.0 Å². The molecule has 0 fully saturated rings. The number of anilines is 2. The maximum absolute atomic E-state index is 12.7. The average Bonchev–Trinajstić information content (AvgIpc) is 3.20. The molecular formula is C26H27N3O3S2. The van der Waals surface area contributed by atoms with Gasteiger partial charge in [0, 0.05) is 11.3 Å². The highest BCUT2D eigenvalue weighted by Gasteiger charge is 2.21. The van der Waals surface area contributed by atoms with Crippen molar-refractivity contribution >= 4 is 48.9 Å². The largest absolute Gasteiger partial charge is 0.325 e. The van der Waals surface area contributed by atoms with Crippen LogP contribution >= 0.6 is 11.3 Å². The summed E-state index contributed by atoms with van der Waals surface area (Å²) in [5, 5.41) is 3.70. The Bertz CT molecular complexity index is 1420. The summed E-state index contributed by atoms with van der Waals surface area (Å²) >= 11 is 1.62. The zero-order valence-electron chi connectivity index (χ0n) is 19.6. The highest BCUT2D eigenvalue weighted by molar-refractivity contribution is 7.92. The predicted octanol–water partition coefficient (Wildman–Crippen LogP) is 5.80. The Labute approximate surface area is 204 Å². The first kappa shape index (κ1) is 23.9. The van der Waals surface area contributed by atoms with Crippen LogP contribution in [0.4, 0.5) is 11.4 Å². The van der Waals surface area contributed by atoms with Crippen LogP contribution in [0.1, 0.15) is 30.9 Å². The number of aryl methyl sites for hydroxylation is 1. The van der Waals surface area contributed by atoms with Gasteiger partial charge in [-0.15, -0.1) is 11.3 Å². The normalized spacial score (nSPS) is 11.7. The van der Waals surface area contributed by atoms with E-state index in [1.54, 1.807) is 35.6 Å². The molecule has 1 aromatic heterocycles. The van der Waals surface area contributed by atoms with Gasteiger partial charge in [-0.3, -0.25) is 9.10 Å². The molecule has 1 N–H and O–H groups in total. The van der Waals surface area contributed by atoms with Crippen molar-refractivity contribution in [3.05, 3.63) is 77.9 Å². The van der Waals surface area contributed by atoms with E-state index in [-0.39, 0.29) is 6.54 Å². The van der Waals surface area contributed by atoms with E-state index in [1.165, 1.54) is 5.56 Å². The van der Waals surface area contributed by atoms with E-state index >= 15 is 0 Å². The molecule has 0 spiro atoms. The maximum atomic E-state index is 12.7. The van der Waals surface area contributed by atoms with Gasteiger partial charge in [0.25, 0.3) is 0 Å². The number of thiazole rings is 1. The second-order valence-corrected chi connectivity index (χ2v) is 11.6. The molecule has 0 atom stereocenters. The van der Waals surface area contributed by atoms with Gasteiger partial charge in [-0.05, 0) is 72.5 Å². The Hall–Kier alpha value is -3.23. The zero-order valence-corrected chi connectivity index (χ0v) is 21.2. The minimum absolute atomic E-state index is 0.307. The van der Waals surface area contributed by atoms with Crippen LogP contribution in [0.2, 0.25) is 0 Å². The summed E-state index contributed by atoms with van der Waals surface area (Å²) in [6, 6.07) is 20.8. The standard InChI is InChI=1S/C26H27N3O3S2/c1-17(2)19-8-12-22(13-9-19)29(34(4,31)32)16-25(30)27-21-10-6-20(7-11-21)26-28-23-14-5-18(3)15-24(23)33-26/h5-15,17H,16H2,1-4H3,(H,27,30). The van der Waals surface area contributed by atoms with Crippen molar-refractivity contribution < 1.29 is 13.2 Å². The molecule has 0 aliphatic rings. The third-order valence-corrected chi connectivity index (χ3v) is 7.70. The number of benzene rings is 3. The molecular weight excluding hydrogens is 466 g/mol. The molecule has 3 aromatic carbocycles. The van der Waals surface area contributed by atoms with Crippen LogP contribution in [0.15, 0.2) is 66.7 Å². The van der Waals surface area contributed by atoms with Gasteiger partial charge in [0.15, 0.2) is 0 Å². The highest BCUT2D eigenvalue weighted by Crippen LogP contribution is 2.31. The lowest BCUT2D eigenvalue weighted by molar-refractivity contribution is -0.114. The third-order valence-electron chi connectivity index (χ3n) is 5.49. The molecule has 0 saturated heterocycles. The fourth-order valence-corrected chi connectivity index (χ4v) is 5.53. The van der Waals surface area contributed by atoms with E-state index in [1.807, 2.05) is 36.4 Å². The quantitative estimate of drug-likeness (QED) is 0.353. The van der Waals surface area contributed by atoms with Gasteiger partial charge < -0.3 is 5.32 Å². The van der Waals surface area contributed by atoms with Gasteiger partial charge in [0.05, 0.1) is 22.2 Å². The van der Waals surface area contributed by atoms with E-state index in [0.717, 1.165) is 36.9 Å². The molecule has 0 radical (unpaired) electrons. The van der Waals surface area contributed by atoms with Crippen LogP contribution in [0.3, 0.4) is 0 Å². The van der Waals surface area contributed by atoms with Crippen LogP contribution in [0.5, 0.6) is 0 Å². The van der Waals surface area contributed by atoms with E-state index in [9.17, 15) is 13.2 Å². The molecule has 1 amide bonds. The lowest BCUT2D eigenvalue weighted by Gasteiger charge is -2.22. The van der Waals surface area contributed by atoms with Crippen molar-refractivity contribution in [2.24, 2.45) is 0 Å². The van der Waals surface area contributed by atoms with Gasteiger partial charge in [-0.25, -0.2) is 13.4 Å². The minimum Gasteiger partial charge on any atom is -0.325 e. The van der Waals surface area contributed by atoms with Gasteiger partial charge >= 0.3 is 0 Å². The van der Waals surface area contributed by atoms with E-state index in [4.69, 9.17) is 0 Å². The molecule has 4 rings (SSSR count). The number of fused-ring (bicyclic) bond motifs is 1.